The molecule has 0 aromatic heterocycles. The van der Waals surface area contributed by atoms with E-state index < -0.39 is 10.0 Å². The van der Waals surface area contributed by atoms with Gasteiger partial charge in [0, 0.05) is 6.54 Å². The highest BCUT2D eigenvalue weighted by atomic mass is 32.2. The third-order valence-corrected chi connectivity index (χ3v) is 4.74. The molecule has 0 bridgehead atoms. The number of aryl methyl sites for hydroxylation is 2. The van der Waals surface area contributed by atoms with Gasteiger partial charge in [0.05, 0.1) is 4.90 Å². The van der Waals surface area contributed by atoms with Crippen molar-refractivity contribution in [3.05, 3.63) is 29.3 Å². The van der Waals surface area contributed by atoms with Crippen molar-refractivity contribution >= 4 is 10.0 Å². The summed E-state index contributed by atoms with van der Waals surface area (Å²) in [5.74, 6) is 0. The summed E-state index contributed by atoms with van der Waals surface area (Å²) in [4.78, 5) is 0.349. The van der Waals surface area contributed by atoms with Crippen molar-refractivity contribution in [1.82, 2.24) is 4.72 Å². The lowest BCUT2D eigenvalue weighted by Crippen LogP contribution is -2.35. The predicted molar refractivity (Wildman–Crippen MR) is 78.6 cm³/mol. The predicted octanol–water partition coefficient (Wildman–Crippen LogP) is 1.96. The highest BCUT2D eigenvalue weighted by Gasteiger charge is 2.22. The van der Waals surface area contributed by atoms with Gasteiger partial charge < -0.3 is 5.73 Å². The van der Waals surface area contributed by atoms with E-state index in [1.165, 1.54) is 0 Å². The molecule has 5 heteroatoms. The highest BCUT2D eigenvalue weighted by Crippen LogP contribution is 2.21. The lowest BCUT2D eigenvalue weighted by Gasteiger charge is -2.24. The van der Waals surface area contributed by atoms with E-state index in [1.807, 2.05) is 39.8 Å². The fourth-order valence-electron chi connectivity index (χ4n) is 1.95. The summed E-state index contributed by atoms with van der Waals surface area (Å²) in [6.45, 7) is 8.71. The van der Waals surface area contributed by atoms with Crippen LogP contribution in [-0.4, -0.2) is 21.5 Å². The van der Waals surface area contributed by atoms with Gasteiger partial charge in [-0.1, -0.05) is 31.5 Å². The van der Waals surface area contributed by atoms with Crippen molar-refractivity contribution < 1.29 is 8.42 Å². The van der Waals surface area contributed by atoms with Gasteiger partial charge in [0.15, 0.2) is 0 Å². The molecule has 108 valence electrons. The van der Waals surface area contributed by atoms with Gasteiger partial charge >= 0.3 is 0 Å². The number of hydrogen-bond acceptors (Lipinski definition) is 3. The number of benzene rings is 1. The fourth-order valence-corrected chi connectivity index (χ4v) is 3.41. The molecule has 4 nitrogen and oxygen atoms in total. The first-order chi connectivity index (χ1) is 8.68. The molecule has 0 spiro atoms. The lowest BCUT2D eigenvalue weighted by atomic mass is 9.90. The van der Waals surface area contributed by atoms with Crippen LogP contribution in [0, 0.1) is 19.3 Å². The Kier molecular flexibility index (Phi) is 5.12. The van der Waals surface area contributed by atoms with Gasteiger partial charge in [0.2, 0.25) is 10.0 Å². The maximum atomic E-state index is 12.3. The highest BCUT2D eigenvalue weighted by molar-refractivity contribution is 7.89. The van der Waals surface area contributed by atoms with Crippen LogP contribution < -0.4 is 10.5 Å². The standard InChI is InChI=1S/C14H24N2O2S/c1-11-5-6-13(12(2)9-11)19(17,18)16-10-14(3,4)7-8-15/h5-6,9,16H,7-8,10,15H2,1-4H3. The van der Waals surface area contributed by atoms with Gasteiger partial charge in [0.25, 0.3) is 0 Å². The van der Waals surface area contributed by atoms with E-state index in [4.69, 9.17) is 5.73 Å². The van der Waals surface area contributed by atoms with Crippen LogP contribution in [0.15, 0.2) is 23.1 Å². The van der Waals surface area contributed by atoms with Crippen molar-refractivity contribution in [2.75, 3.05) is 13.1 Å². The molecule has 0 saturated carbocycles. The monoisotopic (exact) mass is 284 g/mol. The molecule has 3 N–H and O–H groups in total. The molecule has 1 aromatic rings. The zero-order chi connectivity index (χ0) is 14.7. The van der Waals surface area contributed by atoms with Crippen molar-refractivity contribution in [2.45, 2.75) is 39.0 Å². The molecule has 19 heavy (non-hydrogen) atoms. The Morgan fingerprint density at radius 3 is 2.42 bits per heavy atom. The smallest absolute Gasteiger partial charge is 0.240 e. The van der Waals surface area contributed by atoms with Crippen LogP contribution >= 0.6 is 0 Å². The van der Waals surface area contributed by atoms with E-state index in [-0.39, 0.29) is 5.41 Å². The molecular formula is C14H24N2O2S. The van der Waals surface area contributed by atoms with Gasteiger partial charge in [0.1, 0.15) is 0 Å². The minimum atomic E-state index is -3.45. The maximum Gasteiger partial charge on any atom is 0.240 e. The second-order valence-corrected chi connectivity index (χ2v) is 7.53. The van der Waals surface area contributed by atoms with E-state index in [0.29, 0.717) is 18.0 Å². The zero-order valence-electron chi connectivity index (χ0n) is 12.2. The number of nitrogens with one attached hydrogen (secondary N) is 1. The van der Waals surface area contributed by atoms with Gasteiger partial charge in [-0.2, -0.15) is 0 Å². The van der Waals surface area contributed by atoms with E-state index in [2.05, 4.69) is 4.72 Å². The second-order valence-electron chi connectivity index (χ2n) is 5.80. The van der Waals surface area contributed by atoms with Crippen LogP contribution in [0.25, 0.3) is 0 Å². The molecule has 0 heterocycles. The molecule has 0 atom stereocenters. The van der Waals surface area contributed by atoms with E-state index in [0.717, 1.165) is 17.5 Å². The molecule has 0 aliphatic carbocycles. The van der Waals surface area contributed by atoms with Crippen molar-refractivity contribution in [3.63, 3.8) is 0 Å². The molecule has 0 radical (unpaired) electrons. The molecule has 0 saturated heterocycles. The Hall–Kier alpha value is -0.910. The van der Waals surface area contributed by atoms with Gasteiger partial charge in [-0.3, -0.25) is 0 Å². The lowest BCUT2D eigenvalue weighted by molar-refractivity contribution is 0.340. The topological polar surface area (TPSA) is 72.2 Å². The number of rotatable bonds is 6. The minimum absolute atomic E-state index is 0.138. The number of hydrogen-bond donors (Lipinski definition) is 2. The Labute approximate surface area is 116 Å². The van der Waals surface area contributed by atoms with E-state index in [9.17, 15) is 8.42 Å². The minimum Gasteiger partial charge on any atom is -0.330 e. The molecule has 0 aliphatic rings. The summed E-state index contributed by atoms with van der Waals surface area (Å²) in [6.07, 6.45) is 0.780. The molecule has 1 aromatic carbocycles. The summed E-state index contributed by atoms with van der Waals surface area (Å²) in [6, 6.07) is 5.34. The summed E-state index contributed by atoms with van der Waals surface area (Å²) >= 11 is 0. The average Bonchev–Trinajstić information content (AvgIpc) is 2.26. The third-order valence-electron chi connectivity index (χ3n) is 3.18. The van der Waals surface area contributed by atoms with Crippen LogP contribution in [0.2, 0.25) is 0 Å². The fraction of sp³-hybridized carbons (Fsp3) is 0.571. The van der Waals surface area contributed by atoms with Crippen molar-refractivity contribution in [1.29, 1.82) is 0 Å². The van der Waals surface area contributed by atoms with Crippen LogP contribution in [0.4, 0.5) is 0 Å². The average molecular weight is 284 g/mol. The molecule has 0 unspecified atom stereocenters. The number of nitrogens with two attached hydrogens (primary N) is 1. The van der Waals surface area contributed by atoms with Crippen LogP contribution in [0.3, 0.4) is 0 Å². The summed E-state index contributed by atoms with van der Waals surface area (Å²) in [7, 11) is -3.45. The second kappa shape index (κ2) is 6.03. The Morgan fingerprint density at radius 1 is 1.26 bits per heavy atom. The molecule has 0 fully saturated rings. The Morgan fingerprint density at radius 2 is 1.89 bits per heavy atom. The summed E-state index contributed by atoms with van der Waals surface area (Å²) in [5, 5.41) is 0. The SMILES string of the molecule is Cc1ccc(S(=O)(=O)NCC(C)(C)CCN)c(C)c1. The normalized spacial score (nSPS) is 12.7. The quantitative estimate of drug-likeness (QED) is 0.838. The first-order valence-corrected chi connectivity index (χ1v) is 7.93. The maximum absolute atomic E-state index is 12.3. The first-order valence-electron chi connectivity index (χ1n) is 6.45. The zero-order valence-corrected chi connectivity index (χ0v) is 13.0. The molecular weight excluding hydrogens is 260 g/mol. The Bertz CT molecular complexity index is 536. The first kappa shape index (κ1) is 16.1. The summed E-state index contributed by atoms with van der Waals surface area (Å²) < 4.78 is 27.2. The van der Waals surface area contributed by atoms with E-state index in [1.54, 1.807) is 6.07 Å². The summed E-state index contributed by atoms with van der Waals surface area (Å²) in [5.41, 5.74) is 7.21. The number of sulfonamides is 1. The molecule has 1 rings (SSSR count). The van der Waals surface area contributed by atoms with Gasteiger partial charge in [-0.05, 0) is 43.9 Å². The van der Waals surface area contributed by atoms with Crippen molar-refractivity contribution in [2.24, 2.45) is 11.1 Å². The van der Waals surface area contributed by atoms with Gasteiger partial charge in [-0.25, -0.2) is 13.1 Å². The Balaban J connectivity index is 2.87. The van der Waals surface area contributed by atoms with Crippen LogP contribution in [0.5, 0.6) is 0 Å². The molecule has 0 amide bonds. The van der Waals surface area contributed by atoms with E-state index >= 15 is 0 Å². The largest absolute Gasteiger partial charge is 0.330 e. The third kappa shape index (κ3) is 4.60. The van der Waals surface area contributed by atoms with Gasteiger partial charge in [-0.15, -0.1) is 0 Å². The van der Waals surface area contributed by atoms with Crippen LogP contribution in [0.1, 0.15) is 31.4 Å². The van der Waals surface area contributed by atoms with Crippen molar-refractivity contribution in [3.8, 4) is 0 Å². The van der Waals surface area contributed by atoms with Crippen LogP contribution in [-0.2, 0) is 10.0 Å². The molecule has 0 aliphatic heterocycles.